The first-order valence-corrected chi connectivity index (χ1v) is 8.77. The number of ether oxygens (including phenoxy) is 1. The topological polar surface area (TPSA) is 66.1 Å². The second kappa shape index (κ2) is 9.49. The maximum absolute atomic E-state index is 6.01. The van der Waals surface area contributed by atoms with Crippen LogP contribution in [0.3, 0.4) is 0 Å². The molecular weight excluding hydrogens is 302 g/mol. The second-order valence-electron chi connectivity index (χ2n) is 6.39. The molecule has 0 aliphatic carbocycles. The average Bonchev–Trinajstić information content (AvgIpc) is 2.61. The molecule has 1 unspecified atom stereocenters. The fourth-order valence-corrected chi connectivity index (χ4v) is 2.97. The zero-order chi connectivity index (χ0) is 17.4. The molecular formula is C18H31N5O. The van der Waals surface area contributed by atoms with Crippen LogP contribution in [-0.2, 0) is 0 Å². The summed E-state index contributed by atoms with van der Waals surface area (Å²) in [5.74, 6) is 1.68. The molecule has 0 bridgehead atoms. The Kier molecular flexibility index (Phi) is 7.34. The van der Waals surface area contributed by atoms with Gasteiger partial charge in [-0.05, 0) is 24.6 Å². The Morgan fingerprint density at radius 3 is 2.58 bits per heavy atom. The van der Waals surface area contributed by atoms with Gasteiger partial charge in [0.25, 0.3) is 0 Å². The first-order valence-electron chi connectivity index (χ1n) is 8.77. The normalized spacial score (nSPS) is 18.4. The first-order chi connectivity index (χ1) is 11.6. The molecule has 1 fully saturated rings. The van der Waals surface area contributed by atoms with Crippen LogP contribution in [0.15, 0.2) is 29.3 Å². The number of aliphatic imine (C=N–C) groups is 1. The molecule has 6 nitrogen and oxygen atoms in total. The summed E-state index contributed by atoms with van der Waals surface area (Å²) in [6.45, 7) is 12.0. The zero-order valence-corrected chi connectivity index (χ0v) is 15.2. The number of nitrogens with two attached hydrogens (primary N) is 1. The van der Waals surface area contributed by atoms with Crippen molar-refractivity contribution in [1.82, 2.24) is 9.80 Å². The maximum atomic E-state index is 6.01. The number of nitrogens with zero attached hydrogens (tertiary/aromatic N) is 3. The van der Waals surface area contributed by atoms with Crippen molar-refractivity contribution in [3.63, 3.8) is 0 Å². The third-order valence-electron chi connectivity index (χ3n) is 4.43. The Balaban J connectivity index is 1.77. The van der Waals surface area contributed by atoms with E-state index in [9.17, 15) is 0 Å². The van der Waals surface area contributed by atoms with E-state index in [1.807, 2.05) is 24.3 Å². The molecule has 2 rings (SSSR count). The number of methoxy groups -OCH3 is 1. The Morgan fingerprint density at radius 1 is 1.25 bits per heavy atom. The van der Waals surface area contributed by atoms with Crippen LogP contribution in [0.1, 0.15) is 13.8 Å². The quantitative estimate of drug-likeness (QED) is 0.587. The molecule has 1 aromatic rings. The summed E-state index contributed by atoms with van der Waals surface area (Å²) >= 11 is 0. The van der Waals surface area contributed by atoms with Gasteiger partial charge in [0, 0.05) is 39.3 Å². The van der Waals surface area contributed by atoms with Crippen molar-refractivity contribution in [1.29, 1.82) is 0 Å². The molecule has 0 amide bonds. The number of rotatable bonds is 7. The fraction of sp³-hybridized carbons (Fsp3) is 0.611. The lowest BCUT2D eigenvalue weighted by Crippen LogP contribution is -2.47. The van der Waals surface area contributed by atoms with Gasteiger partial charge in [-0.3, -0.25) is 4.99 Å². The van der Waals surface area contributed by atoms with E-state index in [0.29, 0.717) is 11.9 Å². The van der Waals surface area contributed by atoms with Gasteiger partial charge in [0.15, 0.2) is 5.96 Å². The largest absolute Gasteiger partial charge is 0.495 e. The van der Waals surface area contributed by atoms with Crippen molar-refractivity contribution in [3.8, 4) is 5.75 Å². The van der Waals surface area contributed by atoms with E-state index in [-0.39, 0.29) is 0 Å². The van der Waals surface area contributed by atoms with Crippen LogP contribution in [0, 0.1) is 5.92 Å². The molecule has 0 spiro atoms. The molecule has 0 radical (unpaired) electrons. The summed E-state index contributed by atoms with van der Waals surface area (Å²) < 4.78 is 5.31. The lowest BCUT2D eigenvalue weighted by atomic mass is 10.1. The highest BCUT2D eigenvalue weighted by Crippen LogP contribution is 2.22. The number of likely N-dealkylation sites (N-methyl/N-ethyl adjacent to an activating group) is 1. The van der Waals surface area contributed by atoms with Gasteiger partial charge in [-0.2, -0.15) is 0 Å². The third-order valence-corrected chi connectivity index (χ3v) is 4.43. The van der Waals surface area contributed by atoms with E-state index >= 15 is 0 Å². The van der Waals surface area contributed by atoms with Gasteiger partial charge in [0.05, 0.1) is 12.8 Å². The van der Waals surface area contributed by atoms with Crippen molar-refractivity contribution < 1.29 is 4.74 Å². The van der Waals surface area contributed by atoms with Crippen LogP contribution in [0.25, 0.3) is 0 Å². The van der Waals surface area contributed by atoms with Gasteiger partial charge in [-0.1, -0.05) is 26.0 Å². The number of piperazine rings is 1. The summed E-state index contributed by atoms with van der Waals surface area (Å²) in [5.41, 5.74) is 6.85. The van der Waals surface area contributed by atoms with Gasteiger partial charge in [-0.25, -0.2) is 0 Å². The van der Waals surface area contributed by atoms with Gasteiger partial charge >= 0.3 is 0 Å². The number of guanidine groups is 1. The summed E-state index contributed by atoms with van der Waals surface area (Å²) in [7, 11) is 1.65. The minimum absolute atomic E-state index is 0.433. The molecule has 1 atom stereocenters. The number of hydrogen-bond acceptors (Lipinski definition) is 4. The molecule has 6 heteroatoms. The minimum atomic E-state index is 0.433. The highest BCUT2D eigenvalue weighted by molar-refractivity contribution is 5.93. The SMILES string of the molecule is CCN1CCN(CC(C)CN=C(N)Nc2ccccc2OC)CC1. The molecule has 1 aliphatic rings. The molecule has 1 aliphatic heterocycles. The van der Waals surface area contributed by atoms with Gasteiger partial charge < -0.3 is 25.6 Å². The Morgan fingerprint density at radius 2 is 1.92 bits per heavy atom. The van der Waals surface area contributed by atoms with E-state index in [2.05, 4.69) is 34.0 Å². The maximum Gasteiger partial charge on any atom is 0.193 e. The van der Waals surface area contributed by atoms with Crippen molar-refractivity contribution in [2.75, 3.05) is 58.2 Å². The van der Waals surface area contributed by atoms with Crippen molar-refractivity contribution in [2.45, 2.75) is 13.8 Å². The smallest absolute Gasteiger partial charge is 0.193 e. The Hall–Kier alpha value is -1.79. The van der Waals surface area contributed by atoms with E-state index < -0.39 is 0 Å². The third kappa shape index (κ3) is 5.69. The number of hydrogen-bond donors (Lipinski definition) is 2. The number of para-hydroxylation sites is 2. The minimum Gasteiger partial charge on any atom is -0.495 e. The van der Waals surface area contributed by atoms with Crippen LogP contribution in [0.2, 0.25) is 0 Å². The lowest BCUT2D eigenvalue weighted by Gasteiger charge is -2.35. The highest BCUT2D eigenvalue weighted by Gasteiger charge is 2.17. The van der Waals surface area contributed by atoms with Crippen LogP contribution in [0.4, 0.5) is 5.69 Å². The molecule has 134 valence electrons. The van der Waals surface area contributed by atoms with E-state index in [1.165, 1.54) is 13.1 Å². The van der Waals surface area contributed by atoms with Crippen LogP contribution >= 0.6 is 0 Å². The molecule has 3 N–H and O–H groups in total. The molecule has 0 saturated carbocycles. The number of nitrogens with one attached hydrogen (secondary N) is 1. The van der Waals surface area contributed by atoms with E-state index in [4.69, 9.17) is 10.5 Å². The van der Waals surface area contributed by atoms with Crippen LogP contribution < -0.4 is 15.8 Å². The number of benzene rings is 1. The lowest BCUT2D eigenvalue weighted by molar-refractivity contribution is 0.125. The Bertz CT molecular complexity index is 526. The Labute approximate surface area is 145 Å². The first kappa shape index (κ1) is 18.5. The predicted octanol–water partition coefficient (Wildman–Crippen LogP) is 1.70. The van der Waals surface area contributed by atoms with Crippen molar-refractivity contribution >= 4 is 11.6 Å². The summed E-state index contributed by atoms with van der Waals surface area (Å²) in [5, 5.41) is 3.12. The van der Waals surface area contributed by atoms with Crippen LogP contribution in [0.5, 0.6) is 5.75 Å². The number of anilines is 1. The highest BCUT2D eigenvalue weighted by atomic mass is 16.5. The monoisotopic (exact) mass is 333 g/mol. The summed E-state index contributed by atoms with van der Waals surface area (Å²) in [6, 6.07) is 7.69. The summed E-state index contributed by atoms with van der Waals surface area (Å²) in [6.07, 6.45) is 0. The fourth-order valence-electron chi connectivity index (χ4n) is 2.97. The average molecular weight is 333 g/mol. The van der Waals surface area contributed by atoms with Gasteiger partial charge in [0.2, 0.25) is 0 Å². The molecule has 1 aromatic carbocycles. The van der Waals surface area contributed by atoms with Gasteiger partial charge in [-0.15, -0.1) is 0 Å². The molecule has 0 aromatic heterocycles. The van der Waals surface area contributed by atoms with E-state index in [1.54, 1.807) is 7.11 Å². The van der Waals surface area contributed by atoms with Gasteiger partial charge in [0.1, 0.15) is 5.75 Å². The zero-order valence-electron chi connectivity index (χ0n) is 15.2. The molecule has 24 heavy (non-hydrogen) atoms. The van der Waals surface area contributed by atoms with Crippen molar-refractivity contribution in [2.24, 2.45) is 16.6 Å². The summed E-state index contributed by atoms with van der Waals surface area (Å²) in [4.78, 5) is 9.50. The predicted molar refractivity (Wildman–Crippen MR) is 101 cm³/mol. The molecule has 1 saturated heterocycles. The van der Waals surface area contributed by atoms with Crippen LogP contribution in [-0.4, -0.2) is 68.7 Å². The van der Waals surface area contributed by atoms with Crippen molar-refractivity contribution in [3.05, 3.63) is 24.3 Å². The standard InChI is InChI=1S/C18H31N5O/c1-4-22-9-11-23(12-10-22)14-15(2)13-20-18(19)21-16-7-5-6-8-17(16)24-3/h5-8,15H,4,9-14H2,1-3H3,(H3,19,20,21). The second-order valence-corrected chi connectivity index (χ2v) is 6.39. The molecule has 1 heterocycles. The van der Waals surface area contributed by atoms with E-state index in [0.717, 1.165) is 44.2 Å².